The first kappa shape index (κ1) is 102. The van der Waals surface area contributed by atoms with Gasteiger partial charge in [0, 0.05) is 45.1 Å². The number of nitrogens with zero attached hydrogens (tertiary/aromatic N) is 2. The summed E-state index contributed by atoms with van der Waals surface area (Å²) in [4.78, 5) is 94.3. The lowest BCUT2D eigenvalue weighted by molar-refractivity contribution is -0.139. The second kappa shape index (κ2) is 75.6. The average molecular weight is 1380 g/mol. The molecule has 4 rings (SSSR count). The van der Waals surface area contributed by atoms with E-state index in [1.54, 1.807) is 37.3 Å². The summed E-state index contributed by atoms with van der Waals surface area (Å²) >= 11 is 0. The number of aldehydes is 3. The van der Waals surface area contributed by atoms with Crippen molar-refractivity contribution >= 4 is 49.0 Å². The highest BCUT2D eigenvalue weighted by molar-refractivity contribution is 5.92. The highest BCUT2D eigenvalue weighted by atomic mass is 16.5. The first-order valence-corrected chi connectivity index (χ1v) is 36.1. The number of unbranched alkanes of at least 4 members (excludes halogenated alkanes) is 6. The van der Waals surface area contributed by atoms with Crippen LogP contribution >= 0.6 is 0 Å². The number of carbonyl (C=O) groups excluding carboxylic acids is 8. The first-order chi connectivity index (χ1) is 46.6. The SMILES string of the molecule is C=CNCCNC.CC.CC.CCC(C)CC(C)C.CCC(NC(=O)CNC)C(=O)N1CCCC1C=O.CCCCCCCC=O.CCCCNC.CNC(C(=O)NC(CCCN)C(=O)N1CCCC1C=O)[C@H](O)Cc1ccc(O)cc1.CNC(C)C.O=COCc1ccccc1. The van der Waals surface area contributed by atoms with Gasteiger partial charge in [0.15, 0.2) is 0 Å². The number of hydrogen-bond donors (Lipinski definition) is 11. The molecule has 0 saturated carbocycles. The van der Waals surface area contributed by atoms with Gasteiger partial charge < -0.3 is 87.4 Å². The van der Waals surface area contributed by atoms with E-state index in [1.165, 1.54) is 68.4 Å². The normalized spacial score (nSPS) is 14.5. The lowest BCUT2D eigenvalue weighted by atomic mass is 9.97. The number of ether oxygens (including phenoxy) is 1. The molecule has 22 nitrogen and oxygen atoms in total. The average Bonchev–Trinajstić information content (AvgIpc) is 1.85. The van der Waals surface area contributed by atoms with Gasteiger partial charge in [-0.2, -0.15) is 0 Å². The van der Waals surface area contributed by atoms with E-state index >= 15 is 0 Å². The topological polar surface area (TPSA) is 315 Å². The van der Waals surface area contributed by atoms with Crippen LogP contribution in [0.25, 0.3) is 0 Å². The monoisotopic (exact) mass is 1370 g/mol. The highest BCUT2D eigenvalue weighted by Gasteiger charge is 2.36. The molecule has 0 spiro atoms. The van der Waals surface area contributed by atoms with Crippen LogP contribution in [0.4, 0.5) is 0 Å². The molecular formula is C75H143N11O11. The first-order valence-electron chi connectivity index (χ1n) is 36.1. The van der Waals surface area contributed by atoms with Gasteiger partial charge in [-0.3, -0.25) is 24.0 Å². The number of nitrogens with two attached hydrogens (primary N) is 1. The summed E-state index contributed by atoms with van der Waals surface area (Å²) in [6, 6.07) is 13.5. The molecule has 6 unspecified atom stereocenters. The maximum atomic E-state index is 13.0. The smallest absolute Gasteiger partial charge is 0.293 e. The number of likely N-dealkylation sites (N-methyl/N-ethyl adjacent to an activating group) is 3. The van der Waals surface area contributed by atoms with Crippen molar-refractivity contribution in [1.82, 2.24) is 52.3 Å². The third kappa shape index (κ3) is 59.6. The number of phenols is 1. The molecule has 4 amide bonds. The van der Waals surface area contributed by atoms with E-state index < -0.39 is 36.2 Å². The van der Waals surface area contributed by atoms with Gasteiger partial charge in [0.1, 0.15) is 49.3 Å². The molecule has 564 valence electrons. The molecule has 2 aliphatic rings. The Hall–Kier alpha value is -6.14. The molecule has 2 heterocycles. The zero-order valence-corrected chi connectivity index (χ0v) is 63.9. The van der Waals surface area contributed by atoms with Crippen molar-refractivity contribution < 1.29 is 53.3 Å². The minimum atomic E-state index is -1.04. The number of rotatable bonds is 37. The zero-order valence-electron chi connectivity index (χ0n) is 63.9. The minimum absolute atomic E-state index is 0.118. The van der Waals surface area contributed by atoms with Crippen molar-refractivity contribution in [3.8, 4) is 5.75 Å². The maximum absolute atomic E-state index is 13.0. The fraction of sp³-hybridized carbons (Fsp3) is 0.707. The Morgan fingerprint density at radius 2 is 1.20 bits per heavy atom. The van der Waals surface area contributed by atoms with Crippen LogP contribution in [0.15, 0.2) is 67.4 Å². The third-order valence-corrected chi connectivity index (χ3v) is 14.7. The van der Waals surface area contributed by atoms with Gasteiger partial charge in [-0.1, -0.05) is 178 Å². The number of aliphatic hydroxyl groups is 1. The van der Waals surface area contributed by atoms with Gasteiger partial charge in [0.25, 0.3) is 6.47 Å². The van der Waals surface area contributed by atoms with Crippen LogP contribution in [0, 0.1) is 11.8 Å². The summed E-state index contributed by atoms with van der Waals surface area (Å²) in [7, 11) is 9.08. The maximum Gasteiger partial charge on any atom is 0.293 e. The summed E-state index contributed by atoms with van der Waals surface area (Å²) in [5.74, 6) is 0.763. The summed E-state index contributed by atoms with van der Waals surface area (Å²) in [5, 5.41) is 42.9. The van der Waals surface area contributed by atoms with Crippen LogP contribution in [-0.4, -0.2) is 192 Å². The summed E-state index contributed by atoms with van der Waals surface area (Å²) in [6.45, 7) is 36.7. The Balaban J connectivity index is -0.000000264. The summed E-state index contributed by atoms with van der Waals surface area (Å²) in [5.41, 5.74) is 7.35. The number of carbonyl (C=O) groups is 8. The van der Waals surface area contributed by atoms with E-state index in [1.807, 2.05) is 86.1 Å². The molecular weight excluding hydrogens is 1230 g/mol. The molecule has 7 atom stereocenters. The van der Waals surface area contributed by atoms with E-state index in [4.69, 9.17) is 5.73 Å². The Morgan fingerprint density at radius 3 is 1.60 bits per heavy atom. The Morgan fingerprint density at radius 1 is 0.660 bits per heavy atom. The minimum Gasteiger partial charge on any atom is -0.508 e. The van der Waals surface area contributed by atoms with Crippen molar-refractivity contribution in [1.29, 1.82) is 0 Å². The molecule has 2 aromatic rings. The lowest BCUT2D eigenvalue weighted by Gasteiger charge is -2.29. The number of likely N-dealkylation sites (tertiary alicyclic amines) is 2. The molecule has 22 heteroatoms. The van der Waals surface area contributed by atoms with Gasteiger partial charge in [0.2, 0.25) is 23.6 Å². The largest absolute Gasteiger partial charge is 0.508 e. The highest BCUT2D eigenvalue weighted by Crippen LogP contribution is 2.20. The van der Waals surface area contributed by atoms with Gasteiger partial charge >= 0.3 is 0 Å². The fourth-order valence-corrected chi connectivity index (χ4v) is 9.05. The van der Waals surface area contributed by atoms with Crippen LogP contribution < -0.4 is 48.3 Å². The fourth-order valence-electron chi connectivity index (χ4n) is 9.05. The van der Waals surface area contributed by atoms with Crippen LogP contribution in [0.2, 0.25) is 0 Å². The second-order valence-corrected chi connectivity index (χ2v) is 23.6. The van der Waals surface area contributed by atoms with E-state index in [-0.39, 0.29) is 42.5 Å². The standard InChI is InChI=1S/C21H32N4O5.C12H21N3O3.C8H8O2.C8H16O.C8H18.C5H12N2.C5H13N.C4H11N.2C2H6/c1-23-19(18(28)12-14-6-8-16(27)9-7-14)20(29)24-17(5-2-10-22)21(30)25-11-3-4-15(25)13-26;1-3-10(14-11(17)7-13-2)12(18)15-6-4-5-9(15)8-16;9-7-10-6-8-4-2-1-3-5-8;1-2-3-4-5-6-7-8-9;1-5-8(4)6-7(2)3;1-3-7-5-4-6-2;1-3-4-5-6-2;1-4(2)5-3;2*1-2/h6-9,13,15,17-19,23,27-28H,2-5,10-12,22H2,1H3,(H,24,29);8-10,13H,3-7H2,1-2H3,(H,14,17);1-5,7H,6H2;8H,2-7H2,1H3;7-8H,5-6H2,1-4H3;3,6-7H,1,4-5H2,2H3;6H,3-5H2,1-2H3;4-5H,1-3H3;2*1-2H3/t15?,17?,18-,19?;;;;;;;;;/m1........./s1. The third-order valence-electron chi connectivity index (χ3n) is 14.7. The van der Waals surface area contributed by atoms with E-state index in [9.17, 15) is 48.6 Å². The molecule has 97 heavy (non-hydrogen) atoms. The van der Waals surface area contributed by atoms with E-state index in [2.05, 4.69) is 109 Å². The molecule has 2 fully saturated rings. The molecule has 0 aliphatic carbocycles. The second-order valence-electron chi connectivity index (χ2n) is 23.6. The van der Waals surface area contributed by atoms with Crippen LogP contribution in [0.1, 0.15) is 210 Å². The van der Waals surface area contributed by atoms with Crippen LogP contribution in [0.3, 0.4) is 0 Å². The number of aliphatic hydroxyl groups excluding tert-OH is 1. The Labute approximate surface area is 589 Å². The number of phenolic OH excluding ortho intramolecular Hbond substituents is 1. The number of nitrogens with one attached hydrogen (secondary N) is 8. The van der Waals surface area contributed by atoms with Crippen molar-refractivity contribution in [3.05, 3.63) is 78.5 Å². The summed E-state index contributed by atoms with van der Waals surface area (Å²) in [6.07, 6.45) is 20.1. The molecule has 2 saturated heterocycles. The molecule has 2 aromatic carbocycles. The predicted octanol–water partition coefficient (Wildman–Crippen LogP) is 9.18. The molecule has 0 bridgehead atoms. The summed E-state index contributed by atoms with van der Waals surface area (Å²) < 4.78 is 4.54. The predicted molar refractivity (Wildman–Crippen MR) is 402 cm³/mol. The zero-order chi connectivity index (χ0) is 75.0. The Kier molecular flexibility index (Phi) is 79.4. The van der Waals surface area contributed by atoms with Gasteiger partial charge in [0.05, 0.1) is 24.7 Å². The number of amides is 4. The quantitative estimate of drug-likeness (QED) is 0.0222. The van der Waals surface area contributed by atoms with Gasteiger partial charge in [-0.05, 0) is 154 Å². The van der Waals surface area contributed by atoms with Crippen molar-refractivity contribution in [2.24, 2.45) is 17.6 Å². The van der Waals surface area contributed by atoms with Crippen molar-refractivity contribution in [2.45, 2.75) is 255 Å². The number of aromatic hydroxyl groups is 1. The van der Waals surface area contributed by atoms with Crippen LogP contribution in [0.5, 0.6) is 5.75 Å². The van der Waals surface area contributed by atoms with Crippen molar-refractivity contribution in [3.63, 3.8) is 0 Å². The molecule has 12 N–H and O–H groups in total. The lowest BCUT2D eigenvalue weighted by Crippen LogP contribution is -2.57. The van der Waals surface area contributed by atoms with Gasteiger partial charge in [-0.25, -0.2) is 0 Å². The molecule has 0 aromatic heterocycles. The molecule has 2 aliphatic heterocycles. The number of benzene rings is 2. The van der Waals surface area contributed by atoms with Gasteiger partial charge in [-0.15, -0.1) is 0 Å². The van der Waals surface area contributed by atoms with Crippen LogP contribution in [-0.2, 0) is 56.1 Å². The van der Waals surface area contributed by atoms with E-state index in [0.717, 1.165) is 93.6 Å². The number of hydrogen-bond acceptors (Lipinski definition) is 18. The molecule has 0 radical (unpaired) electrons. The van der Waals surface area contributed by atoms with E-state index in [0.29, 0.717) is 64.4 Å². The van der Waals surface area contributed by atoms with Crippen molar-refractivity contribution in [2.75, 3.05) is 81.1 Å². The Bertz CT molecular complexity index is 2130.